The fourth-order valence-electron chi connectivity index (χ4n) is 2.38. The van der Waals surface area contributed by atoms with Crippen molar-refractivity contribution < 1.29 is 17.9 Å². The number of sulfonamides is 1. The Morgan fingerprint density at radius 3 is 2.50 bits per heavy atom. The number of pyridine rings is 1. The summed E-state index contributed by atoms with van der Waals surface area (Å²) in [6.07, 6.45) is 3.50. The monoisotopic (exact) mass is 347 g/mol. The van der Waals surface area contributed by atoms with Crippen LogP contribution in [-0.2, 0) is 10.0 Å². The van der Waals surface area contributed by atoms with Crippen LogP contribution in [0.3, 0.4) is 0 Å². The van der Waals surface area contributed by atoms with E-state index in [1.807, 2.05) is 13.1 Å². The minimum atomic E-state index is -3.75. The van der Waals surface area contributed by atoms with Gasteiger partial charge >= 0.3 is 0 Å². The number of hydrogen-bond acceptors (Lipinski definition) is 5. The average Bonchev–Trinajstić information content (AvgIpc) is 2.93. The number of fused-ring (bicyclic) bond motifs is 1. The first-order valence-corrected chi connectivity index (χ1v) is 8.61. The molecule has 24 heavy (non-hydrogen) atoms. The summed E-state index contributed by atoms with van der Waals surface area (Å²) >= 11 is 0. The zero-order valence-electron chi connectivity index (χ0n) is 13.5. The van der Waals surface area contributed by atoms with Gasteiger partial charge in [0, 0.05) is 18.5 Å². The number of nitrogens with one attached hydrogen (secondary N) is 1. The highest BCUT2D eigenvalue weighted by Gasteiger charge is 2.17. The van der Waals surface area contributed by atoms with Crippen LogP contribution < -0.4 is 14.2 Å². The number of nitrogens with zero attached hydrogens (tertiary/aromatic N) is 2. The van der Waals surface area contributed by atoms with E-state index in [0.717, 1.165) is 11.3 Å². The lowest BCUT2D eigenvalue weighted by Gasteiger charge is -2.11. The van der Waals surface area contributed by atoms with Crippen LogP contribution >= 0.6 is 0 Å². The molecule has 0 atom stereocenters. The second kappa shape index (κ2) is 6.04. The summed E-state index contributed by atoms with van der Waals surface area (Å²) in [6, 6.07) is 7.85. The van der Waals surface area contributed by atoms with Gasteiger partial charge < -0.3 is 13.9 Å². The second-order valence-electron chi connectivity index (χ2n) is 5.19. The van der Waals surface area contributed by atoms with Gasteiger partial charge in [0.1, 0.15) is 5.65 Å². The quantitative estimate of drug-likeness (QED) is 0.767. The fourth-order valence-corrected chi connectivity index (χ4v) is 3.44. The lowest BCUT2D eigenvalue weighted by Crippen LogP contribution is -2.13. The maximum Gasteiger partial charge on any atom is 0.262 e. The summed E-state index contributed by atoms with van der Waals surface area (Å²) in [6.45, 7) is 1.88. The minimum Gasteiger partial charge on any atom is -0.493 e. The topological polar surface area (TPSA) is 81.9 Å². The number of imidazole rings is 1. The summed E-state index contributed by atoms with van der Waals surface area (Å²) in [5.74, 6) is 0.813. The molecule has 0 bridgehead atoms. The van der Waals surface area contributed by atoms with Gasteiger partial charge in [-0.1, -0.05) is 0 Å². The van der Waals surface area contributed by atoms with Crippen LogP contribution in [0.4, 0.5) is 5.69 Å². The molecular formula is C16H17N3O4S. The van der Waals surface area contributed by atoms with Crippen molar-refractivity contribution in [2.24, 2.45) is 0 Å². The van der Waals surface area contributed by atoms with Crippen molar-refractivity contribution >= 4 is 21.4 Å². The maximum atomic E-state index is 12.6. The molecule has 0 unspecified atom stereocenters. The Morgan fingerprint density at radius 2 is 1.79 bits per heavy atom. The molecule has 0 spiro atoms. The van der Waals surface area contributed by atoms with Crippen molar-refractivity contribution in [1.82, 2.24) is 9.38 Å². The molecule has 0 radical (unpaired) electrons. The molecule has 7 nitrogen and oxygen atoms in total. The fraction of sp³-hybridized carbons (Fsp3) is 0.188. The van der Waals surface area contributed by atoms with Gasteiger partial charge in [0.25, 0.3) is 10.0 Å². The largest absolute Gasteiger partial charge is 0.493 e. The van der Waals surface area contributed by atoms with Crippen molar-refractivity contribution in [3.8, 4) is 11.5 Å². The SMILES string of the molecule is COc1ccc(S(=O)(=O)Nc2ccc3nc(C)cn3c2)cc1OC. The summed E-state index contributed by atoms with van der Waals surface area (Å²) in [4.78, 5) is 4.39. The molecule has 2 aromatic heterocycles. The second-order valence-corrected chi connectivity index (χ2v) is 6.87. The van der Waals surface area contributed by atoms with E-state index < -0.39 is 10.0 Å². The predicted molar refractivity (Wildman–Crippen MR) is 90.3 cm³/mol. The summed E-state index contributed by atoms with van der Waals surface area (Å²) in [5, 5.41) is 0. The third kappa shape index (κ3) is 3.00. The van der Waals surface area contributed by atoms with Crippen LogP contribution in [0.1, 0.15) is 5.69 Å². The van der Waals surface area contributed by atoms with Crippen molar-refractivity contribution in [1.29, 1.82) is 0 Å². The third-order valence-electron chi connectivity index (χ3n) is 3.49. The highest BCUT2D eigenvalue weighted by Crippen LogP contribution is 2.30. The van der Waals surface area contributed by atoms with E-state index in [0.29, 0.717) is 17.2 Å². The number of ether oxygens (including phenoxy) is 2. The molecule has 0 fully saturated rings. The molecule has 8 heteroatoms. The smallest absolute Gasteiger partial charge is 0.262 e. The van der Waals surface area contributed by atoms with E-state index >= 15 is 0 Å². The first kappa shape index (κ1) is 16.1. The van der Waals surface area contributed by atoms with Gasteiger partial charge in [-0.2, -0.15) is 0 Å². The Kier molecular flexibility index (Phi) is 4.06. The van der Waals surface area contributed by atoms with Crippen molar-refractivity contribution in [3.63, 3.8) is 0 Å². The van der Waals surface area contributed by atoms with E-state index in [1.54, 1.807) is 28.8 Å². The molecule has 2 heterocycles. The molecule has 0 saturated heterocycles. The molecule has 0 amide bonds. The van der Waals surface area contributed by atoms with Crippen molar-refractivity contribution in [3.05, 3.63) is 48.4 Å². The number of hydrogen-bond donors (Lipinski definition) is 1. The maximum absolute atomic E-state index is 12.6. The standard InChI is InChI=1S/C16H17N3O4S/c1-11-9-19-10-12(4-7-16(19)17-11)18-24(20,21)13-5-6-14(22-2)15(8-13)23-3/h4-10,18H,1-3H3. The van der Waals surface area contributed by atoms with Gasteiger partial charge in [-0.3, -0.25) is 4.72 Å². The highest BCUT2D eigenvalue weighted by molar-refractivity contribution is 7.92. The van der Waals surface area contributed by atoms with E-state index in [9.17, 15) is 8.42 Å². The van der Waals surface area contributed by atoms with Gasteiger partial charge in [0.15, 0.2) is 11.5 Å². The third-order valence-corrected chi connectivity index (χ3v) is 4.87. The van der Waals surface area contributed by atoms with Crippen LogP contribution in [0.2, 0.25) is 0 Å². The van der Waals surface area contributed by atoms with Gasteiger partial charge in [-0.25, -0.2) is 13.4 Å². The lowest BCUT2D eigenvalue weighted by atomic mass is 10.3. The lowest BCUT2D eigenvalue weighted by molar-refractivity contribution is 0.354. The van der Waals surface area contributed by atoms with E-state index in [2.05, 4.69) is 9.71 Å². The van der Waals surface area contributed by atoms with E-state index in [-0.39, 0.29) is 4.90 Å². The molecule has 0 saturated carbocycles. The summed E-state index contributed by atoms with van der Waals surface area (Å²) < 4.78 is 39.7. The molecule has 0 aliphatic carbocycles. The van der Waals surface area contributed by atoms with E-state index in [4.69, 9.17) is 9.47 Å². The Balaban J connectivity index is 1.94. The molecular weight excluding hydrogens is 330 g/mol. The van der Waals surface area contributed by atoms with Gasteiger partial charge in [-0.15, -0.1) is 0 Å². The zero-order valence-corrected chi connectivity index (χ0v) is 14.3. The van der Waals surface area contributed by atoms with Crippen LogP contribution in [-0.4, -0.2) is 32.0 Å². The number of aryl methyl sites for hydroxylation is 1. The number of benzene rings is 1. The Labute approximate surface area is 139 Å². The number of methoxy groups -OCH3 is 2. The van der Waals surface area contributed by atoms with Crippen LogP contribution in [0, 0.1) is 6.92 Å². The van der Waals surface area contributed by atoms with Crippen molar-refractivity contribution in [2.45, 2.75) is 11.8 Å². The molecule has 126 valence electrons. The highest BCUT2D eigenvalue weighted by atomic mass is 32.2. The Morgan fingerprint density at radius 1 is 1.04 bits per heavy atom. The van der Waals surface area contributed by atoms with Gasteiger partial charge in [-0.05, 0) is 31.2 Å². The summed E-state index contributed by atoms with van der Waals surface area (Å²) in [5.41, 5.74) is 2.05. The Hall–Kier alpha value is -2.74. The number of anilines is 1. The van der Waals surface area contributed by atoms with Crippen LogP contribution in [0.5, 0.6) is 11.5 Å². The summed E-state index contributed by atoms with van der Waals surface area (Å²) in [7, 11) is -0.804. The Bertz CT molecular complexity index is 996. The van der Waals surface area contributed by atoms with Crippen molar-refractivity contribution in [2.75, 3.05) is 18.9 Å². The number of aromatic nitrogens is 2. The van der Waals surface area contributed by atoms with Gasteiger partial charge in [0.05, 0.1) is 30.5 Å². The average molecular weight is 347 g/mol. The molecule has 3 rings (SSSR count). The first-order valence-electron chi connectivity index (χ1n) is 7.13. The van der Waals surface area contributed by atoms with Gasteiger partial charge in [0.2, 0.25) is 0 Å². The molecule has 1 aromatic carbocycles. The molecule has 3 aromatic rings. The normalized spacial score (nSPS) is 11.5. The predicted octanol–water partition coefficient (Wildman–Crippen LogP) is 2.46. The first-order chi connectivity index (χ1) is 11.4. The molecule has 0 aliphatic heterocycles. The molecule has 1 N–H and O–H groups in total. The zero-order chi connectivity index (χ0) is 17.3. The van der Waals surface area contributed by atoms with E-state index in [1.165, 1.54) is 26.4 Å². The number of rotatable bonds is 5. The minimum absolute atomic E-state index is 0.0852. The van der Waals surface area contributed by atoms with Crippen LogP contribution in [0.25, 0.3) is 5.65 Å². The molecule has 0 aliphatic rings. The van der Waals surface area contributed by atoms with Crippen LogP contribution in [0.15, 0.2) is 47.6 Å².